The van der Waals surface area contributed by atoms with Crippen molar-refractivity contribution in [3.8, 4) is 5.75 Å². The number of benzene rings is 2. The van der Waals surface area contributed by atoms with Gasteiger partial charge in [0.05, 0.1) is 12.2 Å². The molecule has 0 saturated carbocycles. The lowest BCUT2D eigenvalue weighted by Crippen LogP contribution is -2.42. The summed E-state index contributed by atoms with van der Waals surface area (Å²) in [4.78, 5) is 14.4. The Kier molecular flexibility index (Phi) is 3.91. The van der Waals surface area contributed by atoms with Crippen LogP contribution in [0.2, 0.25) is 0 Å². The van der Waals surface area contributed by atoms with E-state index in [-0.39, 0.29) is 12.0 Å². The van der Waals surface area contributed by atoms with E-state index in [0.717, 1.165) is 17.9 Å². The first-order chi connectivity index (χ1) is 10.2. The van der Waals surface area contributed by atoms with Gasteiger partial charge in [-0.25, -0.2) is 0 Å². The molecule has 0 aromatic heterocycles. The van der Waals surface area contributed by atoms with Gasteiger partial charge in [-0.05, 0) is 31.0 Å². The van der Waals surface area contributed by atoms with Gasteiger partial charge in [0, 0.05) is 6.42 Å². The molecule has 0 radical (unpaired) electrons. The van der Waals surface area contributed by atoms with Gasteiger partial charge < -0.3 is 9.64 Å². The second kappa shape index (κ2) is 6.00. The maximum atomic E-state index is 12.6. The number of anilines is 1. The molecule has 3 rings (SSSR count). The average Bonchev–Trinajstić information content (AvgIpc) is 2.52. The molecule has 0 saturated heterocycles. The predicted octanol–water partition coefficient (Wildman–Crippen LogP) is 3.43. The Morgan fingerprint density at radius 2 is 1.86 bits per heavy atom. The lowest BCUT2D eigenvalue weighted by atomic mass is 10.1. The smallest absolute Gasteiger partial charge is 0.227 e. The summed E-state index contributed by atoms with van der Waals surface area (Å²) in [6.45, 7) is 2.61. The molecule has 0 N–H and O–H groups in total. The van der Waals surface area contributed by atoms with Crippen molar-refractivity contribution in [2.24, 2.45) is 0 Å². The Labute approximate surface area is 125 Å². The zero-order valence-corrected chi connectivity index (χ0v) is 12.2. The fraction of sp³-hybridized carbons (Fsp3) is 0.278. The molecule has 3 nitrogen and oxygen atoms in total. The van der Waals surface area contributed by atoms with Crippen LogP contribution in [0.15, 0.2) is 54.6 Å². The van der Waals surface area contributed by atoms with E-state index in [0.29, 0.717) is 13.0 Å². The van der Waals surface area contributed by atoms with Crippen LogP contribution in [0.25, 0.3) is 0 Å². The molecule has 2 aromatic rings. The standard InChI is InChI=1S/C18H19NO2/c1-14-13-19(16-9-5-6-10-17(16)21-14)18(20)12-11-15-7-3-2-4-8-15/h2-10,14H,11-13H2,1H3. The first-order valence-electron chi connectivity index (χ1n) is 7.34. The number of carbonyl (C=O) groups is 1. The number of hydrogen-bond donors (Lipinski definition) is 0. The Bertz CT molecular complexity index is 624. The van der Waals surface area contributed by atoms with Gasteiger partial charge in [0.1, 0.15) is 11.9 Å². The Balaban J connectivity index is 1.73. The number of hydrogen-bond acceptors (Lipinski definition) is 2. The minimum absolute atomic E-state index is 0.0283. The maximum absolute atomic E-state index is 12.6. The second-order valence-electron chi connectivity index (χ2n) is 5.39. The number of carbonyl (C=O) groups excluding carboxylic acids is 1. The first kappa shape index (κ1) is 13.7. The zero-order valence-electron chi connectivity index (χ0n) is 12.2. The summed E-state index contributed by atoms with van der Waals surface area (Å²) >= 11 is 0. The van der Waals surface area contributed by atoms with E-state index >= 15 is 0 Å². The minimum atomic E-state index is 0.0283. The summed E-state index contributed by atoms with van der Waals surface area (Å²) in [5, 5.41) is 0. The third kappa shape index (κ3) is 3.07. The lowest BCUT2D eigenvalue weighted by Gasteiger charge is -2.33. The van der Waals surface area contributed by atoms with Crippen molar-refractivity contribution in [2.75, 3.05) is 11.4 Å². The quantitative estimate of drug-likeness (QED) is 0.862. The van der Waals surface area contributed by atoms with Crippen LogP contribution in [0, 0.1) is 0 Å². The van der Waals surface area contributed by atoms with E-state index in [9.17, 15) is 4.79 Å². The van der Waals surface area contributed by atoms with Gasteiger partial charge in [-0.15, -0.1) is 0 Å². The summed E-state index contributed by atoms with van der Waals surface area (Å²) in [6.07, 6.45) is 1.32. The minimum Gasteiger partial charge on any atom is -0.487 e. The number of aryl methyl sites for hydroxylation is 1. The number of ether oxygens (including phenoxy) is 1. The summed E-state index contributed by atoms with van der Waals surface area (Å²) in [5.41, 5.74) is 2.08. The third-order valence-electron chi connectivity index (χ3n) is 3.70. The highest BCUT2D eigenvalue weighted by Gasteiger charge is 2.26. The molecule has 1 aliphatic heterocycles. The average molecular weight is 281 g/mol. The molecule has 0 spiro atoms. The molecular weight excluding hydrogens is 262 g/mol. The van der Waals surface area contributed by atoms with Gasteiger partial charge >= 0.3 is 0 Å². The van der Waals surface area contributed by atoms with Crippen molar-refractivity contribution in [1.82, 2.24) is 0 Å². The SMILES string of the molecule is CC1CN(C(=O)CCc2ccccc2)c2ccccc2O1. The molecule has 1 atom stereocenters. The van der Waals surface area contributed by atoms with E-state index in [1.54, 1.807) is 0 Å². The highest BCUT2D eigenvalue weighted by atomic mass is 16.5. The van der Waals surface area contributed by atoms with Crippen molar-refractivity contribution in [1.29, 1.82) is 0 Å². The highest BCUT2D eigenvalue weighted by molar-refractivity contribution is 5.95. The van der Waals surface area contributed by atoms with E-state index in [2.05, 4.69) is 12.1 Å². The van der Waals surface area contributed by atoms with Crippen molar-refractivity contribution in [3.63, 3.8) is 0 Å². The number of rotatable bonds is 3. The van der Waals surface area contributed by atoms with Crippen LogP contribution in [0.5, 0.6) is 5.75 Å². The number of nitrogens with zero attached hydrogens (tertiary/aromatic N) is 1. The van der Waals surface area contributed by atoms with Gasteiger partial charge in [-0.2, -0.15) is 0 Å². The van der Waals surface area contributed by atoms with Crippen molar-refractivity contribution >= 4 is 11.6 Å². The topological polar surface area (TPSA) is 29.5 Å². The van der Waals surface area contributed by atoms with Crippen LogP contribution in [-0.4, -0.2) is 18.6 Å². The Hall–Kier alpha value is -2.29. The molecular formula is C18H19NO2. The van der Waals surface area contributed by atoms with Crippen LogP contribution in [-0.2, 0) is 11.2 Å². The van der Waals surface area contributed by atoms with Crippen molar-refractivity contribution in [2.45, 2.75) is 25.9 Å². The zero-order chi connectivity index (χ0) is 14.7. The van der Waals surface area contributed by atoms with Crippen LogP contribution in [0.1, 0.15) is 18.9 Å². The molecule has 3 heteroatoms. The largest absolute Gasteiger partial charge is 0.487 e. The first-order valence-corrected chi connectivity index (χ1v) is 7.34. The maximum Gasteiger partial charge on any atom is 0.227 e. The monoisotopic (exact) mass is 281 g/mol. The van der Waals surface area contributed by atoms with Crippen LogP contribution < -0.4 is 9.64 Å². The fourth-order valence-electron chi connectivity index (χ4n) is 2.66. The molecule has 1 unspecified atom stereocenters. The second-order valence-corrected chi connectivity index (χ2v) is 5.39. The summed E-state index contributed by atoms with van der Waals surface area (Å²) in [6, 6.07) is 17.9. The molecule has 0 bridgehead atoms. The molecule has 0 aliphatic carbocycles. The molecule has 1 heterocycles. The van der Waals surface area contributed by atoms with Gasteiger partial charge in [0.2, 0.25) is 5.91 Å². The fourth-order valence-corrected chi connectivity index (χ4v) is 2.66. The third-order valence-corrected chi connectivity index (χ3v) is 3.70. The van der Waals surface area contributed by atoms with Crippen LogP contribution in [0.4, 0.5) is 5.69 Å². The van der Waals surface area contributed by atoms with E-state index < -0.39 is 0 Å². The highest BCUT2D eigenvalue weighted by Crippen LogP contribution is 2.33. The molecule has 21 heavy (non-hydrogen) atoms. The Morgan fingerprint density at radius 1 is 1.14 bits per heavy atom. The van der Waals surface area contributed by atoms with E-state index in [1.807, 2.05) is 54.3 Å². The van der Waals surface area contributed by atoms with Gasteiger partial charge in [-0.3, -0.25) is 4.79 Å². The predicted molar refractivity (Wildman–Crippen MR) is 83.6 cm³/mol. The molecule has 0 fully saturated rings. The van der Waals surface area contributed by atoms with E-state index in [4.69, 9.17) is 4.74 Å². The normalized spacial score (nSPS) is 17.0. The number of fused-ring (bicyclic) bond motifs is 1. The summed E-state index contributed by atoms with van der Waals surface area (Å²) < 4.78 is 5.78. The summed E-state index contributed by atoms with van der Waals surface area (Å²) in [5.74, 6) is 0.950. The van der Waals surface area contributed by atoms with Gasteiger partial charge in [0.15, 0.2) is 0 Å². The van der Waals surface area contributed by atoms with Gasteiger partial charge in [0.25, 0.3) is 0 Å². The Morgan fingerprint density at radius 3 is 2.67 bits per heavy atom. The lowest BCUT2D eigenvalue weighted by molar-refractivity contribution is -0.119. The number of amides is 1. The van der Waals surface area contributed by atoms with Gasteiger partial charge in [-0.1, -0.05) is 42.5 Å². The van der Waals surface area contributed by atoms with E-state index in [1.165, 1.54) is 5.56 Å². The molecule has 108 valence electrons. The molecule has 2 aromatic carbocycles. The van der Waals surface area contributed by atoms with Crippen molar-refractivity contribution < 1.29 is 9.53 Å². The number of para-hydroxylation sites is 2. The molecule has 1 aliphatic rings. The molecule has 1 amide bonds. The van der Waals surface area contributed by atoms with Crippen LogP contribution in [0.3, 0.4) is 0 Å². The van der Waals surface area contributed by atoms with Crippen molar-refractivity contribution in [3.05, 3.63) is 60.2 Å². The summed E-state index contributed by atoms with van der Waals surface area (Å²) in [7, 11) is 0. The van der Waals surface area contributed by atoms with Crippen LogP contribution >= 0.6 is 0 Å².